The molecule has 0 aliphatic heterocycles. The molecular weight excluding hydrogens is 817 g/mol. The Morgan fingerprint density at radius 2 is 0.530 bits per heavy atom. The molecule has 0 saturated carbocycles. The average molecular weight is 853 g/mol. The second kappa shape index (κ2) is 14.5. The molecule has 0 fully saturated rings. The number of rotatable bonds is 6. The second-order valence-electron chi connectivity index (χ2n) is 16.7. The predicted octanol–water partition coefficient (Wildman–Crippen LogP) is 11.5. The Bertz CT molecular complexity index is 3650. The molecule has 0 amide bonds. The summed E-state index contributed by atoms with van der Waals surface area (Å²) < 4.78 is 6.33. The highest BCUT2D eigenvalue weighted by Crippen LogP contribution is 2.39. The van der Waals surface area contributed by atoms with Gasteiger partial charge in [-0.3, -0.25) is 13.7 Å². The van der Waals surface area contributed by atoms with Crippen molar-refractivity contribution in [2.75, 3.05) is 0 Å². The van der Waals surface area contributed by atoms with Crippen molar-refractivity contribution < 1.29 is 0 Å². The summed E-state index contributed by atoms with van der Waals surface area (Å²) in [7, 11) is 0. The minimum absolute atomic E-state index is 0.550. The van der Waals surface area contributed by atoms with Crippen molar-refractivity contribution in [2.45, 2.75) is 20.8 Å². The van der Waals surface area contributed by atoms with E-state index < -0.39 is 0 Å². The standard InChI is InChI=1S/C54H36N12/c1-31-7-13-43-37(25-31)40-28-34(10-16-46(40)64(43)52-55-19-4-20-56-52)49-61-50(35-11-17-47-41(29-35)38-26-32(2)8-14-44(38)65(47)53-57-21-5-22-58-53)63-51(62-49)36-12-18-48-42(30-36)39-27-33(3)9-15-45(39)66(48)54-59-23-6-24-60-54/h4-30H,1-3H3. The molecule has 66 heavy (non-hydrogen) atoms. The highest BCUT2D eigenvalue weighted by molar-refractivity contribution is 6.12. The first-order chi connectivity index (χ1) is 32.4. The maximum absolute atomic E-state index is 5.30. The van der Waals surface area contributed by atoms with Gasteiger partial charge in [0.15, 0.2) is 17.5 Å². The van der Waals surface area contributed by atoms with Crippen LogP contribution in [0.5, 0.6) is 0 Å². The summed E-state index contributed by atoms with van der Waals surface area (Å²) in [4.78, 5) is 43.8. The molecule has 0 saturated heterocycles. The van der Waals surface area contributed by atoms with Gasteiger partial charge in [0, 0.05) is 86.2 Å². The maximum Gasteiger partial charge on any atom is 0.234 e. The van der Waals surface area contributed by atoms with Crippen molar-refractivity contribution in [3.63, 3.8) is 0 Å². The van der Waals surface area contributed by atoms with Gasteiger partial charge in [0.05, 0.1) is 33.1 Å². The van der Waals surface area contributed by atoms with Crippen LogP contribution in [0.1, 0.15) is 16.7 Å². The smallest absolute Gasteiger partial charge is 0.234 e. The van der Waals surface area contributed by atoms with Gasteiger partial charge in [0.1, 0.15) is 0 Å². The average Bonchev–Trinajstić information content (AvgIpc) is 3.98. The third kappa shape index (κ3) is 5.88. The lowest BCUT2D eigenvalue weighted by Gasteiger charge is -2.10. The minimum atomic E-state index is 0.550. The minimum Gasteiger partial charge on any atom is -0.278 e. The summed E-state index contributed by atoms with van der Waals surface area (Å²) in [5.74, 6) is 3.47. The Labute approximate surface area is 376 Å². The topological polar surface area (TPSA) is 131 Å². The molecule has 12 heteroatoms. The van der Waals surface area contributed by atoms with Crippen molar-refractivity contribution in [3.8, 4) is 52.0 Å². The lowest BCUT2D eigenvalue weighted by Crippen LogP contribution is -2.02. The van der Waals surface area contributed by atoms with E-state index in [4.69, 9.17) is 15.0 Å². The zero-order valence-electron chi connectivity index (χ0n) is 36.0. The molecule has 7 heterocycles. The van der Waals surface area contributed by atoms with Gasteiger partial charge in [-0.2, -0.15) is 0 Å². The molecule has 13 aromatic rings. The molecule has 0 radical (unpaired) electrons. The van der Waals surface area contributed by atoms with E-state index in [1.807, 2.05) is 18.2 Å². The SMILES string of the molecule is Cc1ccc2c(c1)c1cc(-c3nc(-c4ccc5c(c4)c4cc(C)ccc4n5-c4ncccn4)nc(-c4ccc5c(c4)c4cc(C)ccc4n5-c4ncccn4)n3)ccc1n2-c1ncccn1. The number of nitrogens with zero attached hydrogens (tertiary/aromatic N) is 12. The number of aryl methyl sites for hydroxylation is 3. The predicted molar refractivity (Wildman–Crippen MR) is 260 cm³/mol. The fourth-order valence-corrected chi connectivity index (χ4v) is 9.46. The number of hydrogen-bond donors (Lipinski definition) is 0. The summed E-state index contributed by atoms with van der Waals surface area (Å²) in [5.41, 5.74) is 12.0. The Hall–Kier alpha value is -9.03. The van der Waals surface area contributed by atoms with Crippen molar-refractivity contribution in [2.24, 2.45) is 0 Å². The zero-order valence-corrected chi connectivity index (χ0v) is 36.0. The van der Waals surface area contributed by atoms with E-state index in [-0.39, 0.29) is 0 Å². The molecule has 0 aliphatic carbocycles. The van der Waals surface area contributed by atoms with Crippen LogP contribution in [0.2, 0.25) is 0 Å². The third-order valence-electron chi connectivity index (χ3n) is 12.4. The van der Waals surface area contributed by atoms with E-state index in [9.17, 15) is 0 Å². The Morgan fingerprint density at radius 1 is 0.288 bits per heavy atom. The van der Waals surface area contributed by atoms with Gasteiger partial charge < -0.3 is 0 Å². The van der Waals surface area contributed by atoms with Crippen LogP contribution in [0.3, 0.4) is 0 Å². The summed E-state index contributed by atoms with van der Waals surface area (Å²) >= 11 is 0. The van der Waals surface area contributed by atoms with Gasteiger partial charge in [0.2, 0.25) is 17.8 Å². The van der Waals surface area contributed by atoms with E-state index in [1.54, 1.807) is 37.2 Å². The van der Waals surface area contributed by atoms with Gasteiger partial charge in [-0.25, -0.2) is 44.9 Å². The lowest BCUT2D eigenvalue weighted by molar-refractivity contribution is 0.988. The quantitative estimate of drug-likeness (QED) is 0.160. The van der Waals surface area contributed by atoms with Crippen LogP contribution >= 0.6 is 0 Å². The van der Waals surface area contributed by atoms with E-state index in [0.717, 1.165) is 98.8 Å². The van der Waals surface area contributed by atoms with Crippen LogP contribution in [-0.4, -0.2) is 58.6 Å². The van der Waals surface area contributed by atoms with Crippen LogP contribution in [0.4, 0.5) is 0 Å². The number of hydrogen-bond acceptors (Lipinski definition) is 9. The fraction of sp³-hybridized carbons (Fsp3) is 0.0556. The van der Waals surface area contributed by atoms with Gasteiger partial charge in [-0.05, 0) is 130 Å². The van der Waals surface area contributed by atoms with Crippen LogP contribution < -0.4 is 0 Å². The van der Waals surface area contributed by atoms with Crippen molar-refractivity contribution in [3.05, 3.63) is 181 Å². The van der Waals surface area contributed by atoms with E-state index >= 15 is 0 Å². The van der Waals surface area contributed by atoms with Gasteiger partial charge >= 0.3 is 0 Å². The van der Waals surface area contributed by atoms with Gasteiger partial charge in [0.25, 0.3) is 0 Å². The molecule has 0 unspecified atom stereocenters. The molecule has 0 spiro atoms. The Morgan fingerprint density at radius 3 is 0.803 bits per heavy atom. The van der Waals surface area contributed by atoms with Crippen LogP contribution in [0, 0.1) is 20.8 Å². The van der Waals surface area contributed by atoms with Gasteiger partial charge in [-0.15, -0.1) is 0 Å². The molecule has 7 aromatic heterocycles. The first kappa shape index (κ1) is 37.5. The fourth-order valence-electron chi connectivity index (χ4n) is 9.46. The number of benzene rings is 6. The number of fused-ring (bicyclic) bond motifs is 9. The summed E-state index contributed by atoms with van der Waals surface area (Å²) in [6, 6.07) is 44.0. The molecule has 6 aromatic carbocycles. The molecule has 0 aliphatic rings. The van der Waals surface area contributed by atoms with Gasteiger partial charge in [-0.1, -0.05) is 34.9 Å². The van der Waals surface area contributed by atoms with Crippen molar-refractivity contribution in [1.29, 1.82) is 0 Å². The highest BCUT2D eigenvalue weighted by atomic mass is 15.2. The molecule has 13 rings (SSSR count). The second-order valence-corrected chi connectivity index (χ2v) is 16.7. The lowest BCUT2D eigenvalue weighted by atomic mass is 10.1. The van der Waals surface area contributed by atoms with Crippen LogP contribution in [0.15, 0.2) is 165 Å². The molecule has 0 bridgehead atoms. The monoisotopic (exact) mass is 852 g/mol. The Balaban J connectivity index is 1.05. The number of aromatic nitrogens is 12. The van der Waals surface area contributed by atoms with Crippen molar-refractivity contribution >= 4 is 65.4 Å². The summed E-state index contributed by atoms with van der Waals surface area (Å²) in [6.45, 7) is 6.34. The highest BCUT2D eigenvalue weighted by Gasteiger charge is 2.21. The normalized spacial score (nSPS) is 11.9. The molecule has 12 nitrogen and oxygen atoms in total. The van der Waals surface area contributed by atoms with Crippen LogP contribution in [0.25, 0.3) is 117 Å². The third-order valence-corrected chi connectivity index (χ3v) is 12.4. The first-order valence-electron chi connectivity index (χ1n) is 21.7. The van der Waals surface area contributed by atoms with E-state index in [1.165, 1.54) is 0 Å². The molecule has 0 N–H and O–H groups in total. The zero-order chi connectivity index (χ0) is 44.0. The molecular formula is C54H36N12. The van der Waals surface area contributed by atoms with E-state index in [2.05, 4.69) is 174 Å². The van der Waals surface area contributed by atoms with E-state index in [0.29, 0.717) is 35.3 Å². The molecule has 312 valence electrons. The molecule has 0 atom stereocenters. The Kier molecular flexibility index (Phi) is 8.25. The first-order valence-corrected chi connectivity index (χ1v) is 21.7. The maximum atomic E-state index is 5.30. The summed E-state index contributed by atoms with van der Waals surface area (Å²) in [6.07, 6.45) is 10.6. The largest absolute Gasteiger partial charge is 0.278 e. The van der Waals surface area contributed by atoms with Crippen molar-refractivity contribution in [1.82, 2.24) is 58.6 Å². The van der Waals surface area contributed by atoms with Crippen LogP contribution in [-0.2, 0) is 0 Å². The summed E-state index contributed by atoms with van der Waals surface area (Å²) in [5, 5.41) is 6.40.